The van der Waals surface area contributed by atoms with Gasteiger partial charge in [-0.25, -0.2) is 0 Å². The number of rotatable bonds is 6. The molecule has 5 heteroatoms. The van der Waals surface area contributed by atoms with Crippen molar-refractivity contribution < 1.29 is 14.6 Å². The highest BCUT2D eigenvalue weighted by atomic mass is 32.2. The summed E-state index contributed by atoms with van der Waals surface area (Å²) in [5, 5.41) is 12.4. The molecule has 3 aliphatic rings. The molecule has 0 saturated heterocycles. The molecule has 4 atom stereocenters. The van der Waals surface area contributed by atoms with Crippen LogP contribution in [0.15, 0.2) is 54.6 Å². The summed E-state index contributed by atoms with van der Waals surface area (Å²) < 4.78 is 13.3. The van der Waals surface area contributed by atoms with Gasteiger partial charge in [0.1, 0.15) is 18.5 Å². The summed E-state index contributed by atoms with van der Waals surface area (Å²) in [7, 11) is 0. The Bertz CT molecular complexity index is 1380. The molecule has 1 spiro atoms. The minimum Gasteiger partial charge on any atom is -0.489 e. The fraction of sp³-hybridized carbons (Fsp3) is 0.553. The molecule has 2 aliphatic carbocycles. The smallest absolute Gasteiger partial charge is 0.119 e. The largest absolute Gasteiger partial charge is 0.489 e. The Kier molecular flexibility index (Phi) is 9.66. The third-order valence-electron chi connectivity index (χ3n) is 9.55. The van der Waals surface area contributed by atoms with Crippen LogP contribution in [-0.4, -0.2) is 21.6 Å². The van der Waals surface area contributed by atoms with Crippen LogP contribution in [-0.2, 0) is 23.4 Å². The first-order chi connectivity index (χ1) is 20.5. The minimum absolute atomic E-state index is 0.0325. The van der Waals surface area contributed by atoms with Gasteiger partial charge >= 0.3 is 0 Å². The number of nitrogens with zero attached hydrogens (tertiary/aromatic N) is 1. The molecule has 232 valence electrons. The molecule has 1 N–H and O–H groups in total. The van der Waals surface area contributed by atoms with Gasteiger partial charge in [-0.1, -0.05) is 90.9 Å². The summed E-state index contributed by atoms with van der Waals surface area (Å²) in [6.07, 6.45) is 6.38. The highest BCUT2D eigenvalue weighted by molar-refractivity contribution is 7.99. The average molecular weight is 602 g/mol. The number of aliphatic hydroxyl groups excluding tert-OH is 1. The van der Waals surface area contributed by atoms with E-state index >= 15 is 0 Å². The molecule has 4 unspecified atom stereocenters. The van der Waals surface area contributed by atoms with Gasteiger partial charge in [-0.3, -0.25) is 4.98 Å². The second-order valence-corrected chi connectivity index (χ2v) is 15.6. The van der Waals surface area contributed by atoms with E-state index in [4.69, 9.17) is 14.5 Å². The van der Waals surface area contributed by atoms with Crippen molar-refractivity contribution >= 4 is 11.8 Å². The van der Waals surface area contributed by atoms with Gasteiger partial charge in [0, 0.05) is 22.5 Å². The van der Waals surface area contributed by atoms with Gasteiger partial charge in [0.25, 0.3) is 0 Å². The molecule has 6 rings (SSSR count). The number of ether oxygens (including phenoxy) is 2. The summed E-state index contributed by atoms with van der Waals surface area (Å²) in [4.78, 5) is 5.30. The monoisotopic (exact) mass is 601 g/mol. The van der Waals surface area contributed by atoms with Crippen LogP contribution in [0, 0.1) is 11.3 Å². The van der Waals surface area contributed by atoms with Gasteiger partial charge in [0.05, 0.1) is 11.7 Å². The standard InChI is InChI=1S/C34H41NO3.C4H10S/c1-21(2)31-29-30(28-26(35-31)18-33(4,5)19-27(28)36)34(17-9-10-22(34)3)38-32(29)24-13-15-25(16-14-24)37-20-23-11-7-6-8-12-23;1-4(2)5-3/h6-8,11-16,21-22,27,32,36H,9-10,17-20H2,1-5H3;4H,1-3H3. The maximum atomic E-state index is 11.6. The van der Waals surface area contributed by atoms with Crippen LogP contribution in [0.1, 0.15) is 131 Å². The van der Waals surface area contributed by atoms with Crippen LogP contribution in [0.3, 0.4) is 0 Å². The maximum absolute atomic E-state index is 11.6. The van der Waals surface area contributed by atoms with Crippen molar-refractivity contribution in [2.75, 3.05) is 6.26 Å². The molecule has 0 bridgehead atoms. The lowest BCUT2D eigenvalue weighted by Gasteiger charge is -2.39. The molecule has 1 aromatic heterocycles. The molecule has 3 aromatic rings. The normalized spacial score (nSPS) is 25.4. The Morgan fingerprint density at radius 1 is 1.02 bits per heavy atom. The van der Waals surface area contributed by atoms with Crippen LogP contribution in [0.2, 0.25) is 0 Å². The van der Waals surface area contributed by atoms with Gasteiger partial charge in [-0.15, -0.1) is 0 Å². The van der Waals surface area contributed by atoms with Crippen LogP contribution in [0.4, 0.5) is 0 Å². The van der Waals surface area contributed by atoms with E-state index in [1.807, 2.05) is 30.0 Å². The molecule has 43 heavy (non-hydrogen) atoms. The Morgan fingerprint density at radius 2 is 1.70 bits per heavy atom. The van der Waals surface area contributed by atoms with Crippen molar-refractivity contribution in [2.45, 2.75) is 116 Å². The van der Waals surface area contributed by atoms with Crippen molar-refractivity contribution in [3.8, 4) is 5.75 Å². The van der Waals surface area contributed by atoms with E-state index in [9.17, 15) is 5.11 Å². The zero-order valence-corrected chi connectivity index (χ0v) is 28.3. The lowest BCUT2D eigenvalue weighted by atomic mass is 9.69. The van der Waals surface area contributed by atoms with E-state index in [2.05, 4.69) is 91.1 Å². The fourth-order valence-corrected chi connectivity index (χ4v) is 7.23. The van der Waals surface area contributed by atoms with E-state index in [0.29, 0.717) is 12.5 Å². The number of fused-ring (bicyclic) bond motifs is 4. The SMILES string of the molecule is CC(C)c1nc2c(c3c1C(c1ccc(OCc4ccccc4)cc1)OC31CCCC1C)C(O)CC(C)(C)C2.CSC(C)C. The predicted molar refractivity (Wildman–Crippen MR) is 179 cm³/mol. The lowest BCUT2D eigenvalue weighted by Crippen LogP contribution is -2.34. The first-order valence-electron chi connectivity index (χ1n) is 16.2. The summed E-state index contributed by atoms with van der Waals surface area (Å²) >= 11 is 1.88. The molecule has 4 nitrogen and oxygen atoms in total. The van der Waals surface area contributed by atoms with Crippen molar-refractivity contribution in [3.63, 3.8) is 0 Å². The van der Waals surface area contributed by atoms with Crippen molar-refractivity contribution in [1.82, 2.24) is 4.98 Å². The van der Waals surface area contributed by atoms with Crippen molar-refractivity contribution in [2.24, 2.45) is 11.3 Å². The van der Waals surface area contributed by atoms with E-state index in [1.54, 1.807) is 0 Å². The molecule has 1 saturated carbocycles. The van der Waals surface area contributed by atoms with Gasteiger partial charge in [0.2, 0.25) is 0 Å². The number of benzene rings is 2. The number of pyridine rings is 1. The Morgan fingerprint density at radius 3 is 2.28 bits per heavy atom. The Balaban J connectivity index is 0.000000682. The van der Waals surface area contributed by atoms with Crippen LogP contribution in [0.5, 0.6) is 5.75 Å². The van der Waals surface area contributed by atoms with E-state index in [1.165, 1.54) is 11.1 Å². The summed E-state index contributed by atoms with van der Waals surface area (Å²) in [6.45, 7) is 16.2. The maximum Gasteiger partial charge on any atom is 0.119 e. The predicted octanol–water partition coefficient (Wildman–Crippen LogP) is 9.68. The first-order valence-corrected chi connectivity index (χ1v) is 17.5. The number of thioether (sulfide) groups is 1. The van der Waals surface area contributed by atoms with Crippen LogP contribution >= 0.6 is 11.8 Å². The first kappa shape index (κ1) is 32.1. The van der Waals surface area contributed by atoms with Gasteiger partial charge in [-0.05, 0) is 89.7 Å². The highest BCUT2D eigenvalue weighted by Crippen LogP contribution is 2.61. The molecule has 1 aliphatic heterocycles. The highest BCUT2D eigenvalue weighted by Gasteiger charge is 2.55. The van der Waals surface area contributed by atoms with E-state index in [0.717, 1.165) is 71.2 Å². The van der Waals surface area contributed by atoms with Crippen molar-refractivity contribution in [1.29, 1.82) is 0 Å². The summed E-state index contributed by atoms with van der Waals surface area (Å²) in [6, 6.07) is 18.7. The number of aromatic nitrogens is 1. The van der Waals surface area contributed by atoms with Gasteiger partial charge in [0.15, 0.2) is 0 Å². The quantitative estimate of drug-likeness (QED) is 0.305. The van der Waals surface area contributed by atoms with E-state index in [-0.39, 0.29) is 23.0 Å². The molecule has 0 amide bonds. The lowest BCUT2D eigenvalue weighted by molar-refractivity contribution is -0.0842. The number of aliphatic hydroxyl groups is 1. The molecular weight excluding hydrogens is 550 g/mol. The fourth-order valence-electron chi connectivity index (χ4n) is 7.23. The van der Waals surface area contributed by atoms with E-state index < -0.39 is 6.10 Å². The minimum atomic E-state index is -0.503. The van der Waals surface area contributed by atoms with Crippen molar-refractivity contribution in [3.05, 3.63) is 93.8 Å². The molecular formula is C38H51NO3S. The molecule has 2 aromatic carbocycles. The second kappa shape index (κ2) is 12.9. The number of hydrogen-bond acceptors (Lipinski definition) is 5. The van der Waals surface area contributed by atoms with Gasteiger partial charge in [-0.2, -0.15) is 11.8 Å². The topological polar surface area (TPSA) is 51.6 Å². The van der Waals surface area contributed by atoms with Gasteiger partial charge < -0.3 is 14.6 Å². The zero-order chi connectivity index (χ0) is 30.9. The summed E-state index contributed by atoms with van der Waals surface area (Å²) in [5.41, 5.74) is 7.73. The second-order valence-electron chi connectivity index (χ2n) is 14.2. The Hall–Kier alpha value is -2.34. The summed E-state index contributed by atoms with van der Waals surface area (Å²) in [5.74, 6) is 1.51. The number of hydrogen-bond donors (Lipinski definition) is 1. The van der Waals surface area contributed by atoms with Crippen LogP contribution in [0.25, 0.3) is 0 Å². The molecule has 0 radical (unpaired) electrons. The zero-order valence-electron chi connectivity index (χ0n) is 27.4. The third-order valence-corrected chi connectivity index (χ3v) is 10.5. The molecule has 1 fully saturated rings. The average Bonchev–Trinajstić information content (AvgIpc) is 3.51. The third kappa shape index (κ3) is 6.55. The van der Waals surface area contributed by atoms with Crippen LogP contribution < -0.4 is 4.74 Å². The Labute approximate surface area is 264 Å². The molecule has 2 heterocycles.